The van der Waals surface area contributed by atoms with E-state index in [1.165, 1.54) is 13.0 Å². The number of hydrogen-bond donors (Lipinski definition) is 2. The van der Waals surface area contributed by atoms with Crippen LogP contribution in [0.3, 0.4) is 0 Å². The van der Waals surface area contributed by atoms with E-state index in [1.807, 2.05) is 39.0 Å². The van der Waals surface area contributed by atoms with Crippen LogP contribution in [0.4, 0.5) is 5.69 Å². The van der Waals surface area contributed by atoms with E-state index in [-0.39, 0.29) is 29.6 Å². The molecule has 3 rings (SSSR count). The molecule has 1 amide bonds. The summed E-state index contributed by atoms with van der Waals surface area (Å²) >= 11 is 0. The Bertz CT molecular complexity index is 1190. The Hall–Kier alpha value is -3.20. The number of rotatable bonds is 8. The van der Waals surface area contributed by atoms with Gasteiger partial charge in [-0.2, -0.15) is 0 Å². The fourth-order valence-corrected chi connectivity index (χ4v) is 4.79. The summed E-state index contributed by atoms with van der Waals surface area (Å²) < 4.78 is 31.9. The maximum atomic E-state index is 12.6. The van der Waals surface area contributed by atoms with Crippen LogP contribution in [0, 0.1) is 6.92 Å². The number of anilines is 1. The average Bonchev–Trinajstić information content (AvgIpc) is 3.02. The van der Waals surface area contributed by atoms with E-state index < -0.39 is 28.0 Å². The fourth-order valence-electron chi connectivity index (χ4n) is 3.54. The Morgan fingerprint density at radius 3 is 2.55 bits per heavy atom. The third kappa shape index (κ3) is 5.78. The molecule has 8 nitrogen and oxygen atoms in total. The minimum absolute atomic E-state index is 0.0599. The Kier molecular flexibility index (Phi) is 7.53. The smallest absolute Gasteiger partial charge is 0.306 e. The predicted octanol–water partition coefficient (Wildman–Crippen LogP) is 3.51. The van der Waals surface area contributed by atoms with E-state index >= 15 is 0 Å². The second-order valence-corrected chi connectivity index (χ2v) is 9.90. The highest BCUT2D eigenvalue weighted by Crippen LogP contribution is 2.27. The van der Waals surface area contributed by atoms with Gasteiger partial charge in [-0.3, -0.25) is 19.3 Å². The number of nitrogens with zero attached hydrogens (tertiary/aromatic N) is 1. The summed E-state index contributed by atoms with van der Waals surface area (Å²) in [7, 11) is -3.59. The van der Waals surface area contributed by atoms with Crippen LogP contribution in [0.15, 0.2) is 52.4 Å². The number of carbonyl (C=O) groups excluding carboxylic acids is 2. The molecule has 0 saturated carbocycles. The number of esters is 1. The summed E-state index contributed by atoms with van der Waals surface area (Å²) in [6, 6.07) is 12.4. The number of benzene rings is 2. The molecule has 0 aliphatic carbocycles. The molecule has 0 aromatic heterocycles. The molecule has 0 fully saturated rings. The molecule has 1 aliphatic heterocycles. The molecule has 0 saturated heterocycles. The van der Waals surface area contributed by atoms with Crippen LogP contribution >= 0.6 is 0 Å². The van der Waals surface area contributed by atoms with Crippen molar-refractivity contribution in [3.8, 4) is 0 Å². The van der Waals surface area contributed by atoms with E-state index in [9.17, 15) is 18.0 Å². The number of fused-ring (bicyclic) bond motifs is 1. The molecule has 1 atom stereocenters. The molecule has 0 radical (unpaired) electrons. The van der Waals surface area contributed by atoms with Gasteiger partial charge in [0.2, 0.25) is 0 Å². The van der Waals surface area contributed by atoms with Crippen LogP contribution in [0.25, 0.3) is 0 Å². The zero-order valence-electron chi connectivity index (χ0n) is 19.2. The van der Waals surface area contributed by atoms with E-state index in [0.29, 0.717) is 12.0 Å². The van der Waals surface area contributed by atoms with Gasteiger partial charge >= 0.3 is 5.97 Å². The molecule has 0 unspecified atom stereocenters. The number of amidine groups is 1. The van der Waals surface area contributed by atoms with Crippen molar-refractivity contribution in [1.29, 1.82) is 0 Å². The number of hydrogen-bond acceptors (Lipinski definition) is 6. The summed E-state index contributed by atoms with van der Waals surface area (Å²) in [5.74, 6) is -0.405. The van der Waals surface area contributed by atoms with Crippen molar-refractivity contribution < 1.29 is 22.7 Å². The monoisotopic (exact) mass is 471 g/mol. The normalized spacial score (nSPS) is 16.2. The minimum Gasteiger partial charge on any atom is -0.453 e. The molecule has 33 heavy (non-hydrogen) atoms. The minimum atomic E-state index is -3.59. The van der Waals surface area contributed by atoms with Gasteiger partial charge in [0, 0.05) is 24.2 Å². The van der Waals surface area contributed by atoms with Crippen LogP contribution in [0.1, 0.15) is 56.2 Å². The van der Waals surface area contributed by atoms with Crippen molar-refractivity contribution in [2.24, 2.45) is 4.99 Å². The summed E-state index contributed by atoms with van der Waals surface area (Å²) in [5, 5.41) is 2.88. The molecule has 9 heteroatoms. The van der Waals surface area contributed by atoms with Gasteiger partial charge < -0.3 is 10.1 Å². The van der Waals surface area contributed by atoms with Crippen LogP contribution in [-0.4, -0.2) is 38.8 Å². The lowest BCUT2D eigenvalue weighted by atomic mass is 9.98. The molecule has 2 aromatic rings. The Morgan fingerprint density at radius 2 is 1.82 bits per heavy atom. The number of para-hydroxylation sites is 1. The van der Waals surface area contributed by atoms with Gasteiger partial charge in [-0.05, 0) is 49.4 Å². The lowest BCUT2D eigenvalue weighted by molar-refractivity contribution is -0.153. The van der Waals surface area contributed by atoms with E-state index in [0.717, 1.165) is 16.8 Å². The molecular weight excluding hydrogens is 442 g/mol. The van der Waals surface area contributed by atoms with Gasteiger partial charge in [-0.1, -0.05) is 44.2 Å². The second-order valence-electron chi connectivity index (χ2n) is 8.25. The van der Waals surface area contributed by atoms with E-state index in [2.05, 4.69) is 15.0 Å². The fraction of sp³-hybridized carbons (Fsp3) is 0.375. The van der Waals surface area contributed by atoms with Crippen LogP contribution in [0.2, 0.25) is 0 Å². The number of aryl methyl sites for hydroxylation is 1. The number of nitrogens with one attached hydrogen (secondary N) is 2. The first-order chi connectivity index (χ1) is 15.6. The molecule has 1 aliphatic rings. The lowest BCUT2D eigenvalue weighted by Gasteiger charge is -2.19. The maximum absolute atomic E-state index is 12.6. The van der Waals surface area contributed by atoms with Crippen molar-refractivity contribution in [3.05, 3.63) is 59.2 Å². The topological polar surface area (TPSA) is 114 Å². The first kappa shape index (κ1) is 24.4. The third-order valence-electron chi connectivity index (χ3n) is 5.32. The van der Waals surface area contributed by atoms with Crippen molar-refractivity contribution >= 4 is 33.4 Å². The van der Waals surface area contributed by atoms with Crippen molar-refractivity contribution in [1.82, 2.24) is 4.72 Å². The highest BCUT2D eigenvalue weighted by Gasteiger charge is 2.30. The number of sulfonamides is 1. The Morgan fingerprint density at radius 1 is 1.09 bits per heavy atom. The zero-order valence-corrected chi connectivity index (χ0v) is 20.0. The molecular formula is C24H29N3O5S. The number of amides is 1. The summed E-state index contributed by atoms with van der Waals surface area (Å²) in [6.45, 7) is 7.79. The van der Waals surface area contributed by atoms with Gasteiger partial charge in [-0.15, -0.1) is 0 Å². The summed E-state index contributed by atoms with van der Waals surface area (Å²) in [6.07, 6.45) is -0.530. The predicted molar refractivity (Wildman–Crippen MR) is 127 cm³/mol. The van der Waals surface area contributed by atoms with Crippen molar-refractivity contribution in [2.75, 3.05) is 11.9 Å². The average molecular weight is 472 g/mol. The molecule has 2 aromatic carbocycles. The van der Waals surface area contributed by atoms with Crippen LogP contribution in [0.5, 0.6) is 0 Å². The zero-order chi connectivity index (χ0) is 24.2. The number of aliphatic imine (C=N–C) groups is 1. The van der Waals surface area contributed by atoms with Gasteiger partial charge in [-0.25, -0.2) is 8.42 Å². The van der Waals surface area contributed by atoms with Gasteiger partial charge in [0.1, 0.15) is 5.84 Å². The largest absolute Gasteiger partial charge is 0.453 e. The van der Waals surface area contributed by atoms with Gasteiger partial charge in [0.25, 0.3) is 15.9 Å². The SMILES string of the molecule is Cc1cccc(C(C)C)c1NC(=O)[C@H](C)OC(=O)CCCN=C1NS(=O)(=O)c2ccccc21. The van der Waals surface area contributed by atoms with Gasteiger partial charge in [0.05, 0.1) is 4.90 Å². The first-order valence-electron chi connectivity index (χ1n) is 10.9. The molecule has 0 bridgehead atoms. The van der Waals surface area contributed by atoms with Gasteiger partial charge in [0.15, 0.2) is 6.10 Å². The second kappa shape index (κ2) is 10.2. The Labute approximate surface area is 194 Å². The molecule has 2 N–H and O–H groups in total. The first-order valence-corrected chi connectivity index (χ1v) is 12.3. The van der Waals surface area contributed by atoms with E-state index in [1.54, 1.807) is 18.2 Å². The number of ether oxygens (including phenoxy) is 1. The summed E-state index contributed by atoms with van der Waals surface area (Å²) in [4.78, 5) is 29.2. The van der Waals surface area contributed by atoms with Crippen molar-refractivity contribution in [2.45, 2.75) is 57.5 Å². The molecule has 1 heterocycles. The molecule has 176 valence electrons. The van der Waals surface area contributed by atoms with E-state index in [4.69, 9.17) is 4.74 Å². The quantitative estimate of drug-likeness (QED) is 0.452. The lowest BCUT2D eigenvalue weighted by Crippen LogP contribution is -2.30. The highest BCUT2D eigenvalue weighted by molar-refractivity contribution is 7.90. The number of carbonyl (C=O) groups is 2. The standard InChI is InChI=1S/C24H29N3O5S/c1-15(2)18-11-7-9-16(3)22(18)26-24(29)17(4)32-21(28)13-8-14-25-23-19-10-5-6-12-20(19)33(30,31)27-23/h5-7,9-12,15,17H,8,13-14H2,1-4H3,(H,25,27)(H,26,29)/t17-/m0/s1. The van der Waals surface area contributed by atoms with Crippen LogP contribution < -0.4 is 10.0 Å². The maximum Gasteiger partial charge on any atom is 0.306 e. The van der Waals surface area contributed by atoms with Crippen molar-refractivity contribution in [3.63, 3.8) is 0 Å². The van der Waals surface area contributed by atoms with Crippen LogP contribution in [-0.2, 0) is 24.3 Å². The Balaban J connectivity index is 1.51. The third-order valence-corrected chi connectivity index (χ3v) is 6.72. The highest BCUT2D eigenvalue weighted by atomic mass is 32.2. The molecule has 0 spiro atoms. The summed E-state index contributed by atoms with van der Waals surface area (Å²) in [5.41, 5.74) is 3.22.